The summed E-state index contributed by atoms with van der Waals surface area (Å²) in [4.78, 5) is 35.5. The molecule has 1 aliphatic heterocycles. The second-order valence-electron chi connectivity index (χ2n) is 7.11. The minimum absolute atomic E-state index is 0.0127. The summed E-state index contributed by atoms with van der Waals surface area (Å²) < 4.78 is 0. The zero-order valence-electron chi connectivity index (χ0n) is 16.6. The van der Waals surface area contributed by atoms with Gasteiger partial charge >= 0.3 is 0 Å². The Kier molecular flexibility index (Phi) is 6.29. The van der Waals surface area contributed by atoms with Gasteiger partial charge in [0.1, 0.15) is 0 Å². The van der Waals surface area contributed by atoms with Gasteiger partial charge in [0.25, 0.3) is 11.1 Å². The van der Waals surface area contributed by atoms with Crippen molar-refractivity contribution >= 4 is 34.9 Å². The molecule has 0 radical (unpaired) electrons. The van der Waals surface area contributed by atoms with Crippen LogP contribution in [0.5, 0.6) is 0 Å². The summed E-state index contributed by atoms with van der Waals surface area (Å²) in [5.41, 5.74) is 4.92. The molecule has 3 aromatic carbocycles. The number of thioether (sulfide) groups is 1. The first-order valence-corrected chi connectivity index (χ1v) is 10.6. The molecule has 2 N–H and O–H groups in total. The molecule has 1 heterocycles. The van der Waals surface area contributed by atoms with Gasteiger partial charge in [-0.2, -0.15) is 0 Å². The predicted molar refractivity (Wildman–Crippen MR) is 123 cm³/mol. The van der Waals surface area contributed by atoms with Crippen molar-refractivity contribution in [2.75, 3.05) is 0 Å². The lowest BCUT2D eigenvalue weighted by Crippen LogP contribution is -2.24. The number of hydrogen-bond donors (Lipinski definition) is 2. The van der Waals surface area contributed by atoms with Gasteiger partial charge in [0.05, 0.1) is 11.3 Å². The third-order valence-electron chi connectivity index (χ3n) is 4.81. The Morgan fingerprint density at radius 3 is 2.32 bits per heavy atom. The van der Waals surface area contributed by atoms with Crippen LogP contribution in [0.2, 0.25) is 0 Å². The third kappa shape index (κ3) is 5.49. The Morgan fingerprint density at radius 1 is 0.871 bits per heavy atom. The molecular formula is C25H20N2O3S. The first-order valence-electron chi connectivity index (χ1n) is 9.82. The topological polar surface area (TPSA) is 75.3 Å². The molecule has 1 saturated heterocycles. The summed E-state index contributed by atoms with van der Waals surface area (Å²) in [6, 6.07) is 25.4. The van der Waals surface area contributed by atoms with E-state index in [0.29, 0.717) is 17.9 Å². The van der Waals surface area contributed by atoms with Crippen molar-refractivity contribution in [3.8, 4) is 11.1 Å². The van der Waals surface area contributed by atoms with Gasteiger partial charge in [-0.05, 0) is 51.7 Å². The van der Waals surface area contributed by atoms with Gasteiger partial charge in [0.2, 0.25) is 5.91 Å². The average Bonchev–Trinajstić information content (AvgIpc) is 3.10. The number of hydrogen-bond acceptors (Lipinski definition) is 4. The summed E-state index contributed by atoms with van der Waals surface area (Å²) in [5, 5.41) is 4.87. The van der Waals surface area contributed by atoms with E-state index in [1.807, 2.05) is 72.8 Å². The van der Waals surface area contributed by atoms with Gasteiger partial charge in [0, 0.05) is 6.54 Å². The van der Waals surface area contributed by atoms with E-state index in [4.69, 9.17) is 0 Å². The van der Waals surface area contributed by atoms with Gasteiger partial charge in [-0.25, -0.2) is 0 Å². The van der Waals surface area contributed by atoms with E-state index in [2.05, 4.69) is 16.7 Å². The Labute approximate surface area is 184 Å². The molecule has 0 unspecified atom stereocenters. The number of benzene rings is 3. The monoisotopic (exact) mass is 428 g/mol. The highest BCUT2D eigenvalue weighted by Gasteiger charge is 2.24. The molecule has 6 heteroatoms. The number of carbonyl (C=O) groups is 3. The van der Waals surface area contributed by atoms with Gasteiger partial charge in [-0.3, -0.25) is 19.7 Å². The Hall–Kier alpha value is -3.64. The zero-order chi connectivity index (χ0) is 21.6. The molecule has 0 aromatic heterocycles. The minimum atomic E-state index is -0.360. The molecule has 31 heavy (non-hydrogen) atoms. The molecule has 1 fully saturated rings. The first kappa shape index (κ1) is 20.6. The zero-order valence-corrected chi connectivity index (χ0v) is 17.4. The fraction of sp³-hybridized carbons (Fsp3) is 0.0800. The van der Waals surface area contributed by atoms with Crippen LogP contribution in [0.3, 0.4) is 0 Å². The third-order valence-corrected chi connectivity index (χ3v) is 5.62. The summed E-state index contributed by atoms with van der Waals surface area (Å²) in [5.74, 6) is -0.373. The Morgan fingerprint density at radius 2 is 1.61 bits per heavy atom. The Bertz CT molecular complexity index is 1150. The van der Waals surface area contributed by atoms with Crippen molar-refractivity contribution < 1.29 is 14.4 Å². The molecular weight excluding hydrogens is 408 g/mol. The number of nitrogens with one attached hydrogen (secondary N) is 2. The van der Waals surface area contributed by atoms with E-state index in [0.717, 1.165) is 39.6 Å². The van der Waals surface area contributed by atoms with Crippen molar-refractivity contribution in [1.82, 2.24) is 10.6 Å². The fourth-order valence-corrected chi connectivity index (χ4v) is 3.93. The van der Waals surface area contributed by atoms with Crippen LogP contribution in [0.4, 0.5) is 4.79 Å². The fourth-order valence-electron chi connectivity index (χ4n) is 3.25. The van der Waals surface area contributed by atoms with Crippen LogP contribution in [0.1, 0.15) is 16.7 Å². The Balaban J connectivity index is 1.40. The number of amides is 3. The van der Waals surface area contributed by atoms with Crippen LogP contribution in [-0.4, -0.2) is 17.1 Å². The van der Waals surface area contributed by atoms with Gasteiger partial charge in [-0.15, -0.1) is 0 Å². The summed E-state index contributed by atoms with van der Waals surface area (Å²) in [6.45, 7) is 0.462. The van der Waals surface area contributed by atoms with Crippen molar-refractivity contribution in [2.45, 2.75) is 13.0 Å². The van der Waals surface area contributed by atoms with E-state index in [-0.39, 0.29) is 17.1 Å². The molecule has 154 valence electrons. The van der Waals surface area contributed by atoms with Crippen molar-refractivity contribution in [2.24, 2.45) is 0 Å². The molecule has 0 bridgehead atoms. The van der Waals surface area contributed by atoms with E-state index in [1.54, 1.807) is 6.08 Å². The van der Waals surface area contributed by atoms with Gasteiger partial charge in [-0.1, -0.05) is 72.8 Å². The lowest BCUT2D eigenvalue weighted by Gasteiger charge is -2.08. The van der Waals surface area contributed by atoms with Crippen LogP contribution < -0.4 is 10.6 Å². The molecule has 4 rings (SSSR count). The van der Waals surface area contributed by atoms with E-state index in [1.165, 1.54) is 0 Å². The van der Waals surface area contributed by atoms with E-state index in [9.17, 15) is 14.4 Å². The van der Waals surface area contributed by atoms with Crippen LogP contribution in [0.15, 0.2) is 83.8 Å². The SMILES string of the molecule is O=C(Cc1ccccc1)NCc1cccc(-c2ccc(C=C3SC(=O)NC3=O)cc2)c1. The van der Waals surface area contributed by atoms with E-state index >= 15 is 0 Å². The highest BCUT2D eigenvalue weighted by molar-refractivity contribution is 8.18. The molecule has 3 amide bonds. The lowest BCUT2D eigenvalue weighted by atomic mass is 10.0. The maximum absolute atomic E-state index is 12.2. The van der Waals surface area contributed by atoms with Crippen molar-refractivity contribution in [3.05, 3.63) is 100 Å². The van der Waals surface area contributed by atoms with Crippen LogP contribution in [-0.2, 0) is 22.6 Å². The highest BCUT2D eigenvalue weighted by atomic mass is 32.2. The second-order valence-corrected chi connectivity index (χ2v) is 8.13. The first-order chi connectivity index (χ1) is 15.1. The standard InChI is InChI=1S/C25H20N2O3S/c28-23(15-17-5-2-1-3-6-17)26-16-19-7-4-8-21(13-19)20-11-9-18(10-12-20)14-22-24(29)27-25(30)31-22/h1-14H,15-16H2,(H,26,28)(H,27,29,30). The molecule has 0 aliphatic carbocycles. The molecule has 0 atom stereocenters. The van der Waals surface area contributed by atoms with Crippen molar-refractivity contribution in [3.63, 3.8) is 0 Å². The van der Waals surface area contributed by atoms with Crippen LogP contribution in [0.25, 0.3) is 17.2 Å². The molecule has 3 aromatic rings. The van der Waals surface area contributed by atoms with Gasteiger partial charge < -0.3 is 5.32 Å². The van der Waals surface area contributed by atoms with Crippen molar-refractivity contribution in [1.29, 1.82) is 0 Å². The average molecular weight is 429 g/mol. The summed E-state index contributed by atoms with van der Waals surface area (Å²) >= 11 is 0.906. The van der Waals surface area contributed by atoms with Crippen LogP contribution in [0, 0.1) is 0 Å². The van der Waals surface area contributed by atoms with Crippen LogP contribution >= 0.6 is 11.8 Å². The normalized spacial score (nSPS) is 14.5. The molecule has 0 spiro atoms. The number of imide groups is 1. The summed E-state index contributed by atoms with van der Waals surface area (Å²) in [7, 11) is 0. The predicted octanol–water partition coefficient (Wildman–Crippen LogP) is 4.54. The lowest BCUT2D eigenvalue weighted by molar-refractivity contribution is -0.120. The second kappa shape index (κ2) is 9.45. The highest BCUT2D eigenvalue weighted by Crippen LogP contribution is 2.27. The molecule has 0 saturated carbocycles. The number of carbonyl (C=O) groups excluding carboxylic acids is 3. The smallest absolute Gasteiger partial charge is 0.290 e. The quantitative estimate of drug-likeness (QED) is 0.566. The van der Waals surface area contributed by atoms with Gasteiger partial charge in [0.15, 0.2) is 0 Å². The number of rotatable bonds is 6. The molecule has 5 nitrogen and oxygen atoms in total. The minimum Gasteiger partial charge on any atom is -0.352 e. The maximum Gasteiger partial charge on any atom is 0.290 e. The molecule has 1 aliphatic rings. The largest absolute Gasteiger partial charge is 0.352 e. The maximum atomic E-state index is 12.2. The van der Waals surface area contributed by atoms with E-state index < -0.39 is 0 Å². The summed E-state index contributed by atoms with van der Waals surface area (Å²) in [6.07, 6.45) is 2.06.